The Hall–Kier alpha value is -3.21. The first-order valence-corrected chi connectivity index (χ1v) is 8.60. The fourth-order valence-corrected chi connectivity index (χ4v) is 3.11. The van der Waals surface area contributed by atoms with Crippen molar-refractivity contribution >= 4 is 5.78 Å². The van der Waals surface area contributed by atoms with E-state index in [4.69, 9.17) is 0 Å². The Balaban J connectivity index is 2.05. The molecule has 0 aliphatic carbocycles. The number of carbonyl (C=O) groups is 1. The second-order valence-corrected chi connectivity index (χ2v) is 6.68. The summed E-state index contributed by atoms with van der Waals surface area (Å²) < 4.78 is 15.6. The molecule has 0 radical (unpaired) electrons. The highest BCUT2D eigenvalue weighted by Crippen LogP contribution is 2.28. The molecule has 0 saturated heterocycles. The molecule has 0 aliphatic rings. The van der Waals surface area contributed by atoms with Crippen molar-refractivity contribution in [3.63, 3.8) is 0 Å². The van der Waals surface area contributed by atoms with Gasteiger partial charge in [0.2, 0.25) is 5.56 Å². The van der Waals surface area contributed by atoms with E-state index in [9.17, 15) is 19.1 Å². The van der Waals surface area contributed by atoms with Crippen molar-refractivity contribution in [2.75, 3.05) is 0 Å². The van der Waals surface area contributed by atoms with Gasteiger partial charge < -0.3 is 9.67 Å². The number of rotatable bonds is 5. The summed E-state index contributed by atoms with van der Waals surface area (Å²) in [6.07, 6.45) is 1.65. The van der Waals surface area contributed by atoms with Crippen LogP contribution in [0.15, 0.2) is 65.6 Å². The molecule has 0 amide bonds. The van der Waals surface area contributed by atoms with Gasteiger partial charge in [0.25, 0.3) is 0 Å². The Kier molecular flexibility index (Phi) is 5.21. The molecule has 5 heteroatoms. The zero-order chi connectivity index (χ0) is 19.6. The van der Waals surface area contributed by atoms with Crippen molar-refractivity contribution in [2.24, 2.45) is 7.05 Å². The summed E-state index contributed by atoms with van der Waals surface area (Å²) in [5, 5.41) is 9.43. The lowest BCUT2D eigenvalue weighted by Crippen LogP contribution is -2.21. The largest absolute Gasteiger partial charge is 0.508 e. The number of aromatic nitrogens is 1. The number of hydrogen-bond acceptors (Lipinski definition) is 3. The van der Waals surface area contributed by atoms with Gasteiger partial charge in [-0.05, 0) is 36.6 Å². The Morgan fingerprint density at radius 2 is 1.93 bits per heavy atom. The molecule has 0 spiro atoms. The van der Waals surface area contributed by atoms with Gasteiger partial charge in [-0.2, -0.15) is 0 Å². The maximum Gasteiger partial charge on any atom is 0.250 e. The van der Waals surface area contributed by atoms with E-state index in [0.717, 1.165) is 17.2 Å². The first-order chi connectivity index (χ1) is 12.8. The predicted molar refractivity (Wildman–Crippen MR) is 102 cm³/mol. The molecule has 1 atom stereocenters. The minimum atomic E-state index is -0.610. The van der Waals surface area contributed by atoms with E-state index >= 15 is 0 Å². The van der Waals surface area contributed by atoms with E-state index < -0.39 is 11.7 Å². The number of carbonyl (C=O) groups excluding carboxylic acids is 1. The van der Waals surface area contributed by atoms with E-state index in [0.29, 0.717) is 11.1 Å². The zero-order valence-electron chi connectivity index (χ0n) is 15.1. The van der Waals surface area contributed by atoms with Crippen molar-refractivity contribution < 1.29 is 14.3 Å². The summed E-state index contributed by atoms with van der Waals surface area (Å²) in [6.45, 7) is 1.93. The molecule has 1 unspecified atom stereocenters. The number of hydrogen-bond donors (Lipinski definition) is 1. The van der Waals surface area contributed by atoms with Gasteiger partial charge in [0, 0.05) is 30.9 Å². The molecule has 4 nitrogen and oxygen atoms in total. The maximum atomic E-state index is 14.3. The van der Waals surface area contributed by atoms with Crippen molar-refractivity contribution in [1.29, 1.82) is 0 Å². The molecule has 0 aliphatic heterocycles. The minimum Gasteiger partial charge on any atom is -0.508 e. The van der Waals surface area contributed by atoms with Crippen LogP contribution in [0.4, 0.5) is 4.39 Å². The SMILES string of the molecule is Cc1cccc(C(Cc2ccc(O)cc2F)C(=O)c2ccc(=O)n(C)c2)c1. The van der Waals surface area contributed by atoms with Crippen LogP contribution < -0.4 is 5.56 Å². The summed E-state index contributed by atoms with van der Waals surface area (Å²) in [7, 11) is 1.58. The van der Waals surface area contributed by atoms with Crippen molar-refractivity contribution in [3.8, 4) is 5.75 Å². The number of nitrogens with zero attached hydrogens (tertiary/aromatic N) is 1. The van der Waals surface area contributed by atoms with Gasteiger partial charge in [-0.25, -0.2) is 4.39 Å². The summed E-state index contributed by atoms with van der Waals surface area (Å²) >= 11 is 0. The van der Waals surface area contributed by atoms with Crippen LogP contribution in [0.2, 0.25) is 0 Å². The average molecular weight is 365 g/mol. The van der Waals surface area contributed by atoms with E-state index in [-0.39, 0.29) is 23.5 Å². The van der Waals surface area contributed by atoms with Crippen LogP contribution in [0.3, 0.4) is 0 Å². The highest BCUT2D eigenvalue weighted by Gasteiger charge is 2.24. The summed E-state index contributed by atoms with van der Waals surface area (Å²) in [4.78, 5) is 24.8. The molecular formula is C22H20FNO3. The molecule has 2 aromatic carbocycles. The molecule has 3 rings (SSSR count). The topological polar surface area (TPSA) is 59.3 Å². The monoisotopic (exact) mass is 365 g/mol. The van der Waals surface area contributed by atoms with Crippen LogP contribution >= 0.6 is 0 Å². The lowest BCUT2D eigenvalue weighted by Gasteiger charge is -2.18. The van der Waals surface area contributed by atoms with Gasteiger partial charge in [-0.15, -0.1) is 0 Å². The third-order valence-electron chi connectivity index (χ3n) is 4.59. The van der Waals surface area contributed by atoms with Crippen LogP contribution in [-0.4, -0.2) is 15.5 Å². The summed E-state index contributed by atoms with van der Waals surface area (Å²) in [5.41, 5.74) is 2.31. The van der Waals surface area contributed by atoms with Gasteiger partial charge in [0.1, 0.15) is 11.6 Å². The van der Waals surface area contributed by atoms with Gasteiger partial charge in [-0.3, -0.25) is 9.59 Å². The predicted octanol–water partition coefficient (Wildman–Crippen LogP) is 3.75. The fourth-order valence-electron chi connectivity index (χ4n) is 3.11. The smallest absolute Gasteiger partial charge is 0.250 e. The minimum absolute atomic E-state index is 0.150. The zero-order valence-corrected chi connectivity index (χ0v) is 15.1. The first-order valence-electron chi connectivity index (χ1n) is 8.60. The third kappa shape index (κ3) is 4.14. The molecule has 138 valence electrons. The number of aryl methyl sites for hydroxylation is 2. The van der Waals surface area contributed by atoms with Crippen molar-refractivity contribution in [2.45, 2.75) is 19.3 Å². The van der Waals surface area contributed by atoms with Crippen molar-refractivity contribution in [3.05, 3.63) is 99.2 Å². The average Bonchev–Trinajstić information content (AvgIpc) is 2.63. The number of benzene rings is 2. The molecule has 0 fully saturated rings. The van der Waals surface area contributed by atoms with Crippen molar-refractivity contribution in [1.82, 2.24) is 4.57 Å². The Morgan fingerprint density at radius 1 is 1.15 bits per heavy atom. The molecule has 1 N–H and O–H groups in total. The lowest BCUT2D eigenvalue weighted by molar-refractivity contribution is 0.0958. The van der Waals surface area contributed by atoms with Crippen LogP contribution in [0.1, 0.15) is 33.0 Å². The Morgan fingerprint density at radius 3 is 2.59 bits per heavy atom. The number of pyridine rings is 1. The molecule has 3 aromatic rings. The second kappa shape index (κ2) is 7.58. The highest BCUT2D eigenvalue weighted by molar-refractivity contribution is 6.01. The number of phenols is 1. The molecule has 0 bridgehead atoms. The van der Waals surface area contributed by atoms with Gasteiger partial charge in [0.05, 0.1) is 5.92 Å². The Bertz CT molecular complexity index is 1060. The number of phenolic OH excluding ortho intramolecular Hbond substituents is 1. The van der Waals surface area contributed by atoms with Crippen LogP contribution in [-0.2, 0) is 13.5 Å². The standard InChI is InChI=1S/C22H20FNO3/c1-14-4-3-5-15(10-14)19(11-16-6-8-18(25)12-20(16)23)22(27)17-7-9-21(26)24(2)13-17/h3-10,12-13,19,25H,11H2,1-2H3. The maximum absolute atomic E-state index is 14.3. The number of Topliss-reactive ketones (excluding diaryl/α,β-unsaturated/α-hetero) is 1. The number of ketones is 1. The molecule has 27 heavy (non-hydrogen) atoms. The first kappa shape index (κ1) is 18.6. The Labute approximate surface area is 156 Å². The second-order valence-electron chi connectivity index (χ2n) is 6.68. The molecule has 1 heterocycles. The normalized spacial score (nSPS) is 12.0. The molecule has 0 saturated carbocycles. The van der Waals surface area contributed by atoms with Crippen LogP contribution in [0.5, 0.6) is 5.75 Å². The summed E-state index contributed by atoms with van der Waals surface area (Å²) in [5.74, 6) is -1.52. The van der Waals surface area contributed by atoms with E-state index in [1.165, 1.54) is 35.0 Å². The van der Waals surface area contributed by atoms with Gasteiger partial charge in [0.15, 0.2) is 5.78 Å². The highest BCUT2D eigenvalue weighted by atomic mass is 19.1. The molecular weight excluding hydrogens is 345 g/mol. The van der Waals surface area contributed by atoms with E-state index in [1.807, 2.05) is 31.2 Å². The summed E-state index contributed by atoms with van der Waals surface area (Å²) in [6, 6.07) is 14.3. The van der Waals surface area contributed by atoms with E-state index in [1.54, 1.807) is 7.05 Å². The lowest BCUT2D eigenvalue weighted by atomic mass is 9.85. The van der Waals surface area contributed by atoms with Gasteiger partial charge >= 0.3 is 0 Å². The van der Waals surface area contributed by atoms with Crippen LogP contribution in [0, 0.1) is 12.7 Å². The third-order valence-corrected chi connectivity index (χ3v) is 4.59. The number of aromatic hydroxyl groups is 1. The quantitative estimate of drug-likeness (QED) is 0.701. The fraction of sp³-hybridized carbons (Fsp3) is 0.182. The molecule has 1 aromatic heterocycles. The number of halogens is 1. The van der Waals surface area contributed by atoms with E-state index in [2.05, 4.69) is 0 Å². The van der Waals surface area contributed by atoms with Crippen LogP contribution in [0.25, 0.3) is 0 Å². The van der Waals surface area contributed by atoms with Gasteiger partial charge in [-0.1, -0.05) is 35.9 Å².